The minimum atomic E-state index is -0.0816. The van der Waals surface area contributed by atoms with Crippen molar-refractivity contribution in [3.05, 3.63) is 54.2 Å². The third-order valence-electron chi connectivity index (χ3n) is 5.76. The molecule has 0 spiro atoms. The number of amides is 1. The first kappa shape index (κ1) is 20.8. The van der Waals surface area contributed by atoms with Gasteiger partial charge in [-0.15, -0.1) is 0 Å². The van der Waals surface area contributed by atoms with Crippen LogP contribution in [0.2, 0.25) is 0 Å². The van der Waals surface area contributed by atoms with Gasteiger partial charge < -0.3 is 10.2 Å². The number of hydrogen-bond donors (Lipinski definition) is 1. The van der Waals surface area contributed by atoms with Crippen molar-refractivity contribution >= 4 is 45.3 Å². The van der Waals surface area contributed by atoms with Crippen LogP contribution in [0.3, 0.4) is 0 Å². The van der Waals surface area contributed by atoms with Gasteiger partial charge in [-0.05, 0) is 41.5 Å². The highest BCUT2D eigenvalue weighted by Crippen LogP contribution is 2.29. The van der Waals surface area contributed by atoms with E-state index in [0.717, 1.165) is 51.6 Å². The molecule has 5 rings (SSSR count). The Labute approximate surface area is 191 Å². The van der Waals surface area contributed by atoms with Crippen molar-refractivity contribution in [2.24, 2.45) is 0 Å². The number of aromatic nitrogens is 4. The zero-order valence-electron chi connectivity index (χ0n) is 18.1. The summed E-state index contributed by atoms with van der Waals surface area (Å²) in [7, 11) is 0. The van der Waals surface area contributed by atoms with Crippen LogP contribution in [0, 0.1) is 0 Å². The quantitative estimate of drug-likeness (QED) is 0.340. The molecule has 1 N–H and O–H groups in total. The van der Waals surface area contributed by atoms with E-state index < -0.39 is 0 Å². The van der Waals surface area contributed by atoms with Gasteiger partial charge in [0.1, 0.15) is 5.82 Å². The third-order valence-corrected chi connectivity index (χ3v) is 6.48. The van der Waals surface area contributed by atoms with E-state index in [1.165, 1.54) is 12.8 Å². The van der Waals surface area contributed by atoms with Crippen molar-refractivity contribution in [2.45, 2.75) is 31.5 Å². The Morgan fingerprint density at radius 1 is 1.09 bits per heavy atom. The number of anilines is 1. The molecule has 8 heteroatoms. The van der Waals surface area contributed by atoms with Crippen molar-refractivity contribution in [3.8, 4) is 0 Å². The van der Waals surface area contributed by atoms with Gasteiger partial charge >= 0.3 is 0 Å². The molecule has 32 heavy (non-hydrogen) atoms. The Balaban J connectivity index is 1.32. The van der Waals surface area contributed by atoms with E-state index in [1.54, 1.807) is 11.8 Å². The maximum Gasteiger partial charge on any atom is 0.251 e. The minimum Gasteiger partial charge on any atom is -0.356 e. The van der Waals surface area contributed by atoms with Crippen LogP contribution in [0.5, 0.6) is 0 Å². The number of carbonyl (C=O) groups excluding carboxylic acids is 1. The van der Waals surface area contributed by atoms with Gasteiger partial charge in [0.15, 0.2) is 10.8 Å². The molecule has 2 aromatic carbocycles. The van der Waals surface area contributed by atoms with Gasteiger partial charge in [-0.25, -0.2) is 14.6 Å². The first-order valence-electron chi connectivity index (χ1n) is 11.1. The molecule has 4 aromatic rings. The molecule has 0 saturated carbocycles. The maximum atomic E-state index is 12.7. The Morgan fingerprint density at radius 3 is 2.72 bits per heavy atom. The summed E-state index contributed by atoms with van der Waals surface area (Å²) in [6, 6.07) is 13.8. The van der Waals surface area contributed by atoms with Crippen molar-refractivity contribution in [3.63, 3.8) is 0 Å². The van der Waals surface area contributed by atoms with E-state index >= 15 is 0 Å². The molecule has 1 amide bonds. The van der Waals surface area contributed by atoms with Crippen LogP contribution in [0.25, 0.3) is 21.8 Å². The van der Waals surface area contributed by atoms with Gasteiger partial charge in [-0.3, -0.25) is 4.79 Å². The molecule has 1 fully saturated rings. The van der Waals surface area contributed by atoms with Gasteiger partial charge in [0.2, 0.25) is 0 Å². The number of nitrogens with one attached hydrogen (secondary N) is 1. The Morgan fingerprint density at radius 2 is 1.91 bits per heavy atom. The van der Waals surface area contributed by atoms with Crippen molar-refractivity contribution in [2.75, 3.05) is 30.3 Å². The predicted molar refractivity (Wildman–Crippen MR) is 129 cm³/mol. The van der Waals surface area contributed by atoms with Crippen LogP contribution in [0.1, 0.15) is 30.1 Å². The summed E-state index contributed by atoms with van der Waals surface area (Å²) in [6.45, 7) is 5.18. The zero-order valence-corrected chi connectivity index (χ0v) is 18.9. The maximum absolute atomic E-state index is 12.7. The fourth-order valence-electron chi connectivity index (χ4n) is 4.16. The summed E-state index contributed by atoms with van der Waals surface area (Å²) in [5, 5.41) is 11.5. The summed E-state index contributed by atoms with van der Waals surface area (Å²) in [5.74, 6) is 1.82. The molecule has 0 unspecified atom stereocenters. The molecule has 1 aliphatic heterocycles. The normalized spacial score (nSPS) is 13.8. The molecule has 164 valence electrons. The number of hydrogen-bond acceptors (Lipinski definition) is 6. The van der Waals surface area contributed by atoms with E-state index in [4.69, 9.17) is 9.97 Å². The summed E-state index contributed by atoms with van der Waals surface area (Å²) in [4.78, 5) is 24.6. The lowest BCUT2D eigenvalue weighted by molar-refractivity contribution is 0.0952. The second kappa shape index (κ2) is 9.16. The highest BCUT2D eigenvalue weighted by molar-refractivity contribution is 7.99. The van der Waals surface area contributed by atoms with Crippen LogP contribution < -0.4 is 10.2 Å². The van der Waals surface area contributed by atoms with Gasteiger partial charge in [-0.2, -0.15) is 5.10 Å². The van der Waals surface area contributed by atoms with Crippen LogP contribution in [0.15, 0.2) is 53.8 Å². The molecule has 0 bridgehead atoms. The Kier molecular flexibility index (Phi) is 5.94. The summed E-state index contributed by atoms with van der Waals surface area (Å²) < 4.78 is 1.87. The SMILES string of the molecule is CCSc1nc(N2CCCC2)c2cnn(CCNC(=O)c3ccc4ccccc4c3)c2n1. The minimum absolute atomic E-state index is 0.0816. The molecule has 3 heterocycles. The first-order valence-corrected chi connectivity index (χ1v) is 12.1. The Bertz CT molecular complexity index is 1260. The number of benzene rings is 2. The highest BCUT2D eigenvalue weighted by atomic mass is 32.2. The second-order valence-electron chi connectivity index (χ2n) is 7.88. The molecule has 2 aromatic heterocycles. The first-order chi connectivity index (χ1) is 15.7. The lowest BCUT2D eigenvalue weighted by atomic mass is 10.1. The Hall–Kier alpha value is -3.13. The summed E-state index contributed by atoms with van der Waals surface area (Å²) in [6.07, 6.45) is 4.24. The lowest BCUT2D eigenvalue weighted by Gasteiger charge is -2.17. The molecule has 7 nitrogen and oxygen atoms in total. The predicted octanol–water partition coefficient (Wildman–Crippen LogP) is 4.12. The van der Waals surface area contributed by atoms with Gasteiger partial charge in [0.25, 0.3) is 5.91 Å². The third kappa shape index (κ3) is 4.14. The standard InChI is InChI=1S/C24H26N6OS/c1-2-32-24-27-21(29-12-5-6-13-29)20-16-26-30(22(20)28-24)14-11-25-23(31)19-10-9-17-7-3-4-8-18(17)15-19/h3-4,7-10,15-16H,2,5-6,11-14H2,1H3,(H,25,31). The topological polar surface area (TPSA) is 75.9 Å². The molecule has 0 atom stereocenters. The van der Waals surface area contributed by atoms with Crippen LogP contribution in [-0.2, 0) is 6.54 Å². The van der Waals surface area contributed by atoms with Crippen molar-refractivity contribution in [1.82, 2.24) is 25.1 Å². The number of rotatable bonds is 7. The molecular weight excluding hydrogens is 420 g/mol. The van der Waals surface area contributed by atoms with Crippen LogP contribution >= 0.6 is 11.8 Å². The molecule has 1 aliphatic rings. The average Bonchev–Trinajstić information content (AvgIpc) is 3.49. The number of carbonyl (C=O) groups is 1. The number of nitrogens with zero attached hydrogens (tertiary/aromatic N) is 5. The van der Waals surface area contributed by atoms with E-state index in [9.17, 15) is 4.79 Å². The lowest BCUT2D eigenvalue weighted by Crippen LogP contribution is -2.27. The van der Waals surface area contributed by atoms with E-state index in [1.807, 2.05) is 53.3 Å². The number of fused-ring (bicyclic) bond motifs is 2. The fourth-order valence-corrected chi connectivity index (χ4v) is 4.72. The van der Waals surface area contributed by atoms with Gasteiger partial charge in [0.05, 0.1) is 18.1 Å². The van der Waals surface area contributed by atoms with Crippen LogP contribution in [0.4, 0.5) is 5.82 Å². The van der Waals surface area contributed by atoms with Crippen LogP contribution in [-0.4, -0.2) is 51.0 Å². The van der Waals surface area contributed by atoms with Crippen molar-refractivity contribution in [1.29, 1.82) is 0 Å². The second-order valence-corrected chi connectivity index (χ2v) is 9.11. The van der Waals surface area contributed by atoms with E-state index in [2.05, 4.69) is 22.2 Å². The van der Waals surface area contributed by atoms with E-state index in [0.29, 0.717) is 18.7 Å². The molecule has 0 aliphatic carbocycles. The van der Waals surface area contributed by atoms with Gasteiger partial charge in [-0.1, -0.05) is 49.0 Å². The largest absolute Gasteiger partial charge is 0.356 e. The van der Waals surface area contributed by atoms with Gasteiger partial charge in [0, 0.05) is 25.2 Å². The zero-order chi connectivity index (χ0) is 21.9. The summed E-state index contributed by atoms with van der Waals surface area (Å²) in [5.41, 5.74) is 1.49. The van der Waals surface area contributed by atoms with Crippen molar-refractivity contribution < 1.29 is 4.79 Å². The van der Waals surface area contributed by atoms with E-state index in [-0.39, 0.29) is 5.91 Å². The molecular formula is C24H26N6OS. The smallest absolute Gasteiger partial charge is 0.251 e. The average molecular weight is 447 g/mol. The monoisotopic (exact) mass is 446 g/mol. The molecule has 1 saturated heterocycles. The highest BCUT2D eigenvalue weighted by Gasteiger charge is 2.20. The summed E-state index contributed by atoms with van der Waals surface area (Å²) >= 11 is 1.64. The number of thioether (sulfide) groups is 1. The fraction of sp³-hybridized carbons (Fsp3) is 0.333. The molecule has 0 radical (unpaired) electrons.